The first-order valence-corrected chi connectivity index (χ1v) is 10.5. The molecule has 0 bridgehead atoms. The summed E-state index contributed by atoms with van der Waals surface area (Å²) in [5.74, 6) is 0.101. The van der Waals surface area contributed by atoms with Crippen molar-refractivity contribution >= 4 is 20.9 Å². The van der Waals surface area contributed by atoms with Crippen LogP contribution in [0.25, 0.3) is 10.8 Å². The number of hydrogen-bond donors (Lipinski definition) is 1. The van der Waals surface area contributed by atoms with Gasteiger partial charge in [0.15, 0.2) is 0 Å². The maximum absolute atomic E-state index is 12.4. The summed E-state index contributed by atoms with van der Waals surface area (Å²) in [5, 5.41) is 2.35. The first-order valence-electron chi connectivity index (χ1n) is 9.10. The molecule has 2 atom stereocenters. The van der Waals surface area contributed by atoms with E-state index in [2.05, 4.69) is 30.3 Å². The van der Waals surface area contributed by atoms with E-state index < -0.39 is 10.1 Å². The molecule has 0 saturated heterocycles. The molecule has 1 fully saturated rings. The summed E-state index contributed by atoms with van der Waals surface area (Å²) in [4.78, 5) is 0.192. The van der Waals surface area contributed by atoms with E-state index in [9.17, 15) is 8.42 Å². The Kier molecular flexibility index (Phi) is 4.54. The summed E-state index contributed by atoms with van der Waals surface area (Å²) < 4.78 is 30.2. The lowest BCUT2D eigenvalue weighted by Crippen LogP contribution is -2.24. The van der Waals surface area contributed by atoms with Crippen molar-refractivity contribution in [3.8, 4) is 0 Å². The fraction of sp³-hybridized carbons (Fsp3) is 0.273. The molecule has 140 valence electrons. The molecule has 2 N–H and O–H groups in total. The van der Waals surface area contributed by atoms with Gasteiger partial charge in [-0.15, -0.1) is 0 Å². The Morgan fingerprint density at radius 3 is 2.44 bits per heavy atom. The van der Waals surface area contributed by atoms with Gasteiger partial charge in [-0.3, -0.25) is 4.18 Å². The highest BCUT2D eigenvalue weighted by Gasteiger charge is 2.54. The maximum atomic E-state index is 12.4. The zero-order chi connectivity index (χ0) is 19.1. The summed E-state index contributed by atoms with van der Waals surface area (Å²) in [6.07, 6.45) is 0.839. The Balaban J connectivity index is 1.51. The van der Waals surface area contributed by atoms with Crippen LogP contribution in [-0.4, -0.2) is 21.6 Å². The van der Waals surface area contributed by atoms with Crippen LogP contribution in [0.15, 0.2) is 71.6 Å². The van der Waals surface area contributed by atoms with Crippen molar-refractivity contribution in [2.24, 2.45) is 11.7 Å². The number of benzene rings is 3. The SMILES string of the molecule is Cc1ccc(S(=O)(=O)OC[C@H]2C[C@]2(CN)c2ccc3ccccc3c2)cc1. The van der Waals surface area contributed by atoms with Gasteiger partial charge in [-0.05, 0) is 47.7 Å². The van der Waals surface area contributed by atoms with Crippen LogP contribution in [-0.2, 0) is 19.7 Å². The van der Waals surface area contributed by atoms with Crippen LogP contribution in [0.2, 0.25) is 0 Å². The van der Waals surface area contributed by atoms with Gasteiger partial charge in [0.25, 0.3) is 10.1 Å². The fourth-order valence-corrected chi connectivity index (χ4v) is 4.71. The number of rotatable bonds is 6. The minimum atomic E-state index is -3.75. The molecule has 4 rings (SSSR count). The molecule has 0 aromatic heterocycles. The first kappa shape index (κ1) is 18.2. The van der Waals surface area contributed by atoms with Crippen molar-refractivity contribution in [1.82, 2.24) is 0 Å². The second-order valence-corrected chi connectivity index (χ2v) is 8.99. The Labute approximate surface area is 160 Å². The van der Waals surface area contributed by atoms with E-state index in [1.807, 2.05) is 19.1 Å². The molecule has 27 heavy (non-hydrogen) atoms. The van der Waals surface area contributed by atoms with Gasteiger partial charge in [0, 0.05) is 12.0 Å². The predicted molar refractivity (Wildman–Crippen MR) is 107 cm³/mol. The molecule has 3 aromatic rings. The molecular weight excluding hydrogens is 358 g/mol. The molecule has 1 saturated carbocycles. The lowest BCUT2D eigenvalue weighted by molar-refractivity contribution is 0.290. The molecule has 4 nitrogen and oxygen atoms in total. The molecule has 1 aliphatic carbocycles. The van der Waals surface area contributed by atoms with Crippen LogP contribution in [0.1, 0.15) is 17.5 Å². The van der Waals surface area contributed by atoms with Crippen LogP contribution in [0.3, 0.4) is 0 Å². The van der Waals surface area contributed by atoms with E-state index >= 15 is 0 Å². The van der Waals surface area contributed by atoms with E-state index in [1.165, 1.54) is 10.8 Å². The summed E-state index contributed by atoms with van der Waals surface area (Å²) in [5.41, 5.74) is 8.06. The number of nitrogens with two attached hydrogens (primary N) is 1. The minimum absolute atomic E-state index is 0.101. The van der Waals surface area contributed by atoms with Gasteiger partial charge in [0.1, 0.15) is 0 Å². The molecule has 1 aliphatic rings. The Hall–Kier alpha value is -2.21. The highest BCUT2D eigenvalue weighted by Crippen LogP contribution is 2.54. The molecule has 5 heteroatoms. The van der Waals surface area contributed by atoms with Crippen molar-refractivity contribution in [2.45, 2.75) is 23.7 Å². The van der Waals surface area contributed by atoms with E-state index in [4.69, 9.17) is 9.92 Å². The van der Waals surface area contributed by atoms with Crippen LogP contribution in [0, 0.1) is 12.8 Å². The molecule has 0 heterocycles. The van der Waals surface area contributed by atoms with Crippen LogP contribution in [0.5, 0.6) is 0 Å². The number of aryl methyl sites for hydroxylation is 1. The standard InChI is InChI=1S/C22H23NO3S/c1-16-6-10-21(11-7-16)27(24,25)26-14-20-13-22(20,15-23)19-9-8-17-4-2-3-5-18(17)12-19/h2-12,20H,13-15,23H2,1H3/t20-,22+/m1/s1. The largest absolute Gasteiger partial charge is 0.330 e. The third-order valence-corrected chi connectivity index (χ3v) is 6.95. The van der Waals surface area contributed by atoms with Crippen molar-refractivity contribution in [1.29, 1.82) is 0 Å². The van der Waals surface area contributed by atoms with Gasteiger partial charge < -0.3 is 5.73 Å². The molecule has 0 aliphatic heterocycles. The molecule has 0 radical (unpaired) electrons. The Morgan fingerprint density at radius 1 is 1.04 bits per heavy atom. The third kappa shape index (κ3) is 3.38. The second kappa shape index (κ2) is 6.75. The van der Waals surface area contributed by atoms with Gasteiger partial charge in [-0.1, -0.05) is 60.2 Å². The Morgan fingerprint density at radius 2 is 1.74 bits per heavy atom. The second-order valence-electron chi connectivity index (χ2n) is 7.37. The predicted octanol–water partition coefficient (Wildman–Crippen LogP) is 3.77. The van der Waals surface area contributed by atoms with Gasteiger partial charge in [0.2, 0.25) is 0 Å². The monoisotopic (exact) mass is 381 g/mol. The fourth-order valence-electron chi connectivity index (χ4n) is 3.76. The average Bonchev–Trinajstić information content (AvgIpc) is 3.41. The average molecular weight is 381 g/mol. The molecule has 0 spiro atoms. The van der Waals surface area contributed by atoms with Crippen LogP contribution >= 0.6 is 0 Å². The van der Waals surface area contributed by atoms with Gasteiger partial charge in [-0.25, -0.2) is 0 Å². The summed E-state index contributed by atoms with van der Waals surface area (Å²) in [6, 6.07) is 21.3. The lowest BCUT2D eigenvalue weighted by atomic mass is 9.91. The maximum Gasteiger partial charge on any atom is 0.296 e. The quantitative estimate of drug-likeness (QED) is 0.660. The summed E-state index contributed by atoms with van der Waals surface area (Å²) in [7, 11) is -3.75. The normalized spacial score (nSPS) is 22.1. The molecular formula is C22H23NO3S. The van der Waals surface area contributed by atoms with E-state index in [0.717, 1.165) is 17.5 Å². The van der Waals surface area contributed by atoms with E-state index in [-0.39, 0.29) is 22.8 Å². The topological polar surface area (TPSA) is 69.4 Å². The van der Waals surface area contributed by atoms with Gasteiger partial charge in [-0.2, -0.15) is 8.42 Å². The van der Waals surface area contributed by atoms with Crippen LogP contribution < -0.4 is 5.73 Å². The lowest BCUT2D eigenvalue weighted by Gasteiger charge is -2.17. The number of hydrogen-bond acceptors (Lipinski definition) is 4. The zero-order valence-corrected chi connectivity index (χ0v) is 16.1. The molecule has 0 unspecified atom stereocenters. The highest BCUT2D eigenvalue weighted by molar-refractivity contribution is 7.86. The van der Waals surface area contributed by atoms with Crippen LogP contribution in [0.4, 0.5) is 0 Å². The van der Waals surface area contributed by atoms with Crippen molar-refractivity contribution < 1.29 is 12.6 Å². The summed E-state index contributed by atoms with van der Waals surface area (Å²) >= 11 is 0. The minimum Gasteiger partial charge on any atom is -0.330 e. The summed E-state index contributed by atoms with van der Waals surface area (Å²) in [6.45, 7) is 2.55. The third-order valence-electron chi connectivity index (χ3n) is 5.65. The Bertz CT molecular complexity index is 1080. The molecule has 3 aromatic carbocycles. The van der Waals surface area contributed by atoms with Crippen molar-refractivity contribution in [2.75, 3.05) is 13.2 Å². The zero-order valence-electron chi connectivity index (χ0n) is 15.3. The van der Waals surface area contributed by atoms with Crippen molar-refractivity contribution in [3.05, 3.63) is 77.9 Å². The first-order chi connectivity index (χ1) is 12.9. The number of fused-ring (bicyclic) bond motifs is 1. The highest BCUT2D eigenvalue weighted by atomic mass is 32.2. The van der Waals surface area contributed by atoms with E-state index in [0.29, 0.717) is 6.54 Å². The van der Waals surface area contributed by atoms with E-state index in [1.54, 1.807) is 24.3 Å². The van der Waals surface area contributed by atoms with Gasteiger partial charge >= 0.3 is 0 Å². The smallest absolute Gasteiger partial charge is 0.296 e. The van der Waals surface area contributed by atoms with Crippen molar-refractivity contribution in [3.63, 3.8) is 0 Å². The van der Waals surface area contributed by atoms with Gasteiger partial charge in [0.05, 0.1) is 11.5 Å². The molecule has 0 amide bonds.